The molecule has 2 heterocycles. The summed E-state index contributed by atoms with van der Waals surface area (Å²) in [4.78, 5) is 21.2. The average Bonchev–Trinajstić information content (AvgIpc) is 3.35. The molecule has 2 aromatic heterocycles. The van der Waals surface area contributed by atoms with Gasteiger partial charge in [0, 0.05) is 11.8 Å². The van der Waals surface area contributed by atoms with Crippen LogP contribution in [0.3, 0.4) is 0 Å². The second kappa shape index (κ2) is 10.8. The molecule has 2 amide bonds. The van der Waals surface area contributed by atoms with E-state index in [2.05, 4.69) is 25.7 Å². The summed E-state index contributed by atoms with van der Waals surface area (Å²) >= 11 is 0. The predicted octanol–water partition coefficient (Wildman–Crippen LogP) is 5.26. The minimum Gasteiger partial charge on any atom is -0.497 e. The third kappa shape index (κ3) is 5.67. The first-order valence-corrected chi connectivity index (χ1v) is 11.8. The highest BCUT2D eigenvalue weighted by Gasteiger charge is 2.15. The number of nitrogens with one attached hydrogen (secondary N) is 2. The van der Waals surface area contributed by atoms with Gasteiger partial charge in [-0.15, -0.1) is 5.10 Å². The van der Waals surface area contributed by atoms with E-state index in [0.29, 0.717) is 12.4 Å². The van der Waals surface area contributed by atoms with E-state index >= 15 is 0 Å². The number of benzene rings is 3. The molecule has 186 valence electrons. The molecule has 5 rings (SSSR count). The molecule has 9 heteroatoms. The highest BCUT2D eigenvalue weighted by Crippen LogP contribution is 2.24. The minimum atomic E-state index is -0.423. The lowest BCUT2D eigenvalue weighted by molar-refractivity contribution is 0.249. The van der Waals surface area contributed by atoms with Crippen LogP contribution in [0.1, 0.15) is 24.1 Å². The van der Waals surface area contributed by atoms with Crippen LogP contribution in [0.5, 0.6) is 11.5 Å². The average molecular weight is 495 g/mol. The van der Waals surface area contributed by atoms with Gasteiger partial charge in [-0.05, 0) is 60.5 Å². The second-order valence-electron chi connectivity index (χ2n) is 8.37. The molecule has 0 spiro atoms. The molecule has 0 fully saturated rings. The highest BCUT2D eigenvalue weighted by atomic mass is 16.5. The largest absolute Gasteiger partial charge is 0.497 e. The van der Waals surface area contributed by atoms with Crippen LogP contribution >= 0.6 is 0 Å². The van der Waals surface area contributed by atoms with Gasteiger partial charge < -0.3 is 14.8 Å². The second-order valence-corrected chi connectivity index (χ2v) is 8.37. The molecule has 37 heavy (non-hydrogen) atoms. The van der Waals surface area contributed by atoms with Crippen LogP contribution in [-0.4, -0.2) is 32.7 Å². The van der Waals surface area contributed by atoms with Gasteiger partial charge in [0.15, 0.2) is 0 Å². The summed E-state index contributed by atoms with van der Waals surface area (Å²) in [6, 6.07) is 26.4. The van der Waals surface area contributed by atoms with Crippen molar-refractivity contribution in [3.63, 3.8) is 0 Å². The van der Waals surface area contributed by atoms with Gasteiger partial charge in [-0.3, -0.25) is 5.32 Å². The normalized spacial score (nSPS) is 11.6. The van der Waals surface area contributed by atoms with E-state index in [9.17, 15) is 4.79 Å². The van der Waals surface area contributed by atoms with Crippen LogP contribution in [-0.2, 0) is 6.61 Å². The molecule has 0 aliphatic rings. The van der Waals surface area contributed by atoms with E-state index in [4.69, 9.17) is 9.47 Å². The minimum absolute atomic E-state index is 0.151. The summed E-state index contributed by atoms with van der Waals surface area (Å²) in [5, 5.41) is 10.0. The molecule has 0 saturated heterocycles. The number of methoxy groups -OCH3 is 1. The molecule has 5 aromatic rings. The summed E-state index contributed by atoms with van der Waals surface area (Å²) in [5.41, 5.74) is 3.71. The standard InChI is InChI=1S/C28H26N6O3/c1-19(22-9-6-10-24(17-22)36-2)30-28(35)32-26-31-27-29-16-15-25(34(27)33-26)21-11-13-23(14-12-21)37-18-20-7-4-3-5-8-20/h3-17,19H,18H2,1-2H3,(H2,30,32,33,35). The van der Waals surface area contributed by atoms with Crippen molar-refractivity contribution in [3.05, 3.63) is 102 Å². The lowest BCUT2D eigenvalue weighted by Gasteiger charge is -2.14. The van der Waals surface area contributed by atoms with E-state index in [1.165, 1.54) is 0 Å². The fourth-order valence-corrected chi connectivity index (χ4v) is 3.86. The number of ether oxygens (including phenoxy) is 2. The Morgan fingerprint density at radius 1 is 0.973 bits per heavy atom. The van der Waals surface area contributed by atoms with E-state index in [1.807, 2.05) is 91.9 Å². The zero-order chi connectivity index (χ0) is 25.6. The summed E-state index contributed by atoms with van der Waals surface area (Å²) in [5.74, 6) is 2.01. The van der Waals surface area contributed by atoms with Crippen molar-refractivity contribution in [2.45, 2.75) is 19.6 Å². The van der Waals surface area contributed by atoms with Gasteiger partial charge in [-0.25, -0.2) is 9.78 Å². The molecule has 9 nitrogen and oxygen atoms in total. The molecule has 2 N–H and O–H groups in total. The van der Waals surface area contributed by atoms with Crippen LogP contribution in [0.25, 0.3) is 17.0 Å². The number of anilines is 1. The van der Waals surface area contributed by atoms with E-state index in [0.717, 1.165) is 33.9 Å². The SMILES string of the molecule is COc1cccc(C(C)NC(=O)Nc2nc3nccc(-c4ccc(OCc5ccccc5)cc4)n3n2)c1. The van der Waals surface area contributed by atoms with Crippen molar-refractivity contribution in [1.29, 1.82) is 0 Å². The summed E-state index contributed by atoms with van der Waals surface area (Å²) in [6.45, 7) is 2.38. The van der Waals surface area contributed by atoms with Crippen LogP contribution in [0.15, 0.2) is 91.1 Å². The number of amides is 2. The molecule has 1 unspecified atom stereocenters. The summed E-state index contributed by atoms with van der Waals surface area (Å²) in [6.07, 6.45) is 1.66. The molecule has 0 saturated carbocycles. The number of hydrogen-bond acceptors (Lipinski definition) is 6. The lowest BCUT2D eigenvalue weighted by atomic mass is 10.1. The molecule has 3 aromatic carbocycles. The summed E-state index contributed by atoms with van der Waals surface area (Å²) < 4.78 is 12.7. The number of urea groups is 1. The van der Waals surface area contributed by atoms with Gasteiger partial charge in [-0.1, -0.05) is 42.5 Å². The highest BCUT2D eigenvalue weighted by molar-refractivity contribution is 5.87. The Morgan fingerprint density at radius 2 is 1.78 bits per heavy atom. The predicted molar refractivity (Wildman–Crippen MR) is 141 cm³/mol. The number of carbonyl (C=O) groups excluding carboxylic acids is 1. The molecule has 0 bridgehead atoms. The van der Waals surface area contributed by atoms with E-state index in [-0.39, 0.29) is 12.0 Å². The van der Waals surface area contributed by atoms with E-state index in [1.54, 1.807) is 17.8 Å². The van der Waals surface area contributed by atoms with Gasteiger partial charge in [0.05, 0.1) is 18.8 Å². The summed E-state index contributed by atoms with van der Waals surface area (Å²) in [7, 11) is 1.61. The smallest absolute Gasteiger partial charge is 0.322 e. The van der Waals surface area contributed by atoms with Crippen LogP contribution in [0, 0.1) is 0 Å². The molecule has 1 atom stereocenters. The van der Waals surface area contributed by atoms with Crippen molar-refractivity contribution in [2.24, 2.45) is 0 Å². The Labute approximate surface area is 214 Å². The number of rotatable bonds is 8. The zero-order valence-corrected chi connectivity index (χ0v) is 20.5. The van der Waals surface area contributed by atoms with E-state index < -0.39 is 6.03 Å². The van der Waals surface area contributed by atoms with Crippen molar-refractivity contribution < 1.29 is 14.3 Å². The maximum Gasteiger partial charge on any atom is 0.322 e. The Hall–Kier alpha value is -4.92. The Bertz CT molecular complexity index is 1500. The van der Waals surface area contributed by atoms with Gasteiger partial charge in [-0.2, -0.15) is 9.50 Å². The third-order valence-corrected chi connectivity index (χ3v) is 5.81. The zero-order valence-electron chi connectivity index (χ0n) is 20.5. The fourth-order valence-electron chi connectivity index (χ4n) is 3.86. The number of nitrogens with zero attached hydrogens (tertiary/aromatic N) is 4. The van der Waals surface area contributed by atoms with Crippen molar-refractivity contribution >= 4 is 17.8 Å². The maximum atomic E-state index is 12.6. The Balaban J connectivity index is 1.27. The van der Waals surface area contributed by atoms with Crippen molar-refractivity contribution in [3.8, 4) is 22.8 Å². The topological polar surface area (TPSA) is 103 Å². The molecule has 0 radical (unpaired) electrons. The fraction of sp³-hybridized carbons (Fsp3) is 0.143. The van der Waals surface area contributed by atoms with Gasteiger partial charge in [0.25, 0.3) is 11.7 Å². The molecule has 0 aliphatic carbocycles. The number of aromatic nitrogens is 4. The van der Waals surface area contributed by atoms with Crippen molar-refractivity contribution in [1.82, 2.24) is 24.9 Å². The monoisotopic (exact) mass is 494 g/mol. The number of hydrogen-bond donors (Lipinski definition) is 2. The molecule has 0 aliphatic heterocycles. The van der Waals surface area contributed by atoms with Crippen molar-refractivity contribution in [2.75, 3.05) is 12.4 Å². The number of fused-ring (bicyclic) bond motifs is 1. The quantitative estimate of drug-likeness (QED) is 0.305. The Kier molecular flexibility index (Phi) is 6.93. The first kappa shape index (κ1) is 23.8. The lowest BCUT2D eigenvalue weighted by Crippen LogP contribution is -2.31. The maximum absolute atomic E-state index is 12.6. The molecular formula is C28H26N6O3. The van der Waals surface area contributed by atoms with Crippen LogP contribution in [0.2, 0.25) is 0 Å². The van der Waals surface area contributed by atoms with Gasteiger partial charge in [0.1, 0.15) is 18.1 Å². The van der Waals surface area contributed by atoms with Gasteiger partial charge >= 0.3 is 6.03 Å². The first-order valence-electron chi connectivity index (χ1n) is 11.8. The Morgan fingerprint density at radius 3 is 2.57 bits per heavy atom. The first-order chi connectivity index (χ1) is 18.1. The van der Waals surface area contributed by atoms with Gasteiger partial charge in [0.2, 0.25) is 0 Å². The third-order valence-electron chi connectivity index (χ3n) is 5.81. The number of carbonyl (C=O) groups is 1. The van der Waals surface area contributed by atoms with Crippen LogP contribution < -0.4 is 20.1 Å². The molecular weight excluding hydrogens is 468 g/mol. The van der Waals surface area contributed by atoms with Crippen LogP contribution in [0.4, 0.5) is 10.7 Å².